The van der Waals surface area contributed by atoms with E-state index in [0.29, 0.717) is 24.0 Å². The van der Waals surface area contributed by atoms with Gasteiger partial charge in [0.1, 0.15) is 0 Å². The number of nitrogens with zero attached hydrogens (tertiary/aromatic N) is 3. The predicted molar refractivity (Wildman–Crippen MR) is 90.1 cm³/mol. The number of rotatable bonds is 5. The van der Waals surface area contributed by atoms with Crippen molar-refractivity contribution in [2.75, 3.05) is 0 Å². The molecule has 0 aliphatic heterocycles. The smallest absolute Gasteiger partial charge is 0.295 e. The van der Waals surface area contributed by atoms with Gasteiger partial charge in [-0.15, -0.1) is 0 Å². The quantitative estimate of drug-likeness (QED) is 0.808. The van der Waals surface area contributed by atoms with Gasteiger partial charge in [0, 0.05) is 24.6 Å². The Labute approximate surface area is 141 Å². The number of aromatic nitrogens is 2. The maximum atomic E-state index is 12.7. The summed E-state index contributed by atoms with van der Waals surface area (Å²) in [5, 5.41) is 8.93. The Bertz CT molecular complexity index is 873. The third-order valence-electron chi connectivity index (χ3n) is 4.30. The summed E-state index contributed by atoms with van der Waals surface area (Å²) in [5.74, 6) is 0. The van der Waals surface area contributed by atoms with Crippen molar-refractivity contribution in [1.82, 2.24) is 9.13 Å². The van der Waals surface area contributed by atoms with Crippen LogP contribution in [0.4, 0.5) is 0 Å². The maximum absolute atomic E-state index is 12.7. The van der Waals surface area contributed by atoms with E-state index >= 15 is 0 Å². The van der Waals surface area contributed by atoms with E-state index in [1.54, 1.807) is 0 Å². The molecule has 1 aliphatic rings. The van der Waals surface area contributed by atoms with Crippen LogP contribution in [0.25, 0.3) is 0 Å². The minimum absolute atomic E-state index is 0.205. The molecule has 2 aromatic rings. The van der Waals surface area contributed by atoms with Gasteiger partial charge in [-0.1, -0.05) is 30.3 Å². The summed E-state index contributed by atoms with van der Waals surface area (Å²) in [4.78, 5) is 25.0. The fraction of sp³-hybridized carbons (Fsp3) is 0.353. The Balaban J connectivity index is 1.98. The molecule has 1 fully saturated rings. The van der Waals surface area contributed by atoms with Crippen molar-refractivity contribution in [2.45, 2.75) is 32.4 Å². The second kappa shape index (κ2) is 6.17. The summed E-state index contributed by atoms with van der Waals surface area (Å²) in [6.45, 7) is 0.719. The van der Waals surface area contributed by atoms with Gasteiger partial charge in [0.2, 0.25) is 0 Å². The molecule has 0 spiro atoms. The molecule has 1 saturated carbocycles. The Morgan fingerprint density at radius 2 is 1.91 bits per heavy atom. The molecule has 5 nitrogen and oxygen atoms in total. The van der Waals surface area contributed by atoms with Gasteiger partial charge in [0.05, 0.1) is 17.1 Å². The van der Waals surface area contributed by atoms with Crippen LogP contribution >= 0.6 is 15.9 Å². The molecule has 1 aromatic heterocycles. The van der Waals surface area contributed by atoms with E-state index in [9.17, 15) is 9.59 Å². The minimum Gasteiger partial charge on any atom is -0.295 e. The summed E-state index contributed by atoms with van der Waals surface area (Å²) in [6, 6.07) is 11.8. The molecule has 0 unspecified atom stereocenters. The number of halogens is 1. The number of hydrogen-bond donors (Lipinski definition) is 0. The van der Waals surface area contributed by atoms with Crippen molar-refractivity contribution in [2.24, 2.45) is 5.41 Å². The highest BCUT2D eigenvalue weighted by Gasteiger charge is 2.43. The maximum Gasteiger partial charge on any atom is 0.331 e. The average Bonchev–Trinajstić information content (AvgIpc) is 3.30. The van der Waals surface area contributed by atoms with Gasteiger partial charge in [-0.2, -0.15) is 5.26 Å². The van der Waals surface area contributed by atoms with Crippen molar-refractivity contribution in [3.63, 3.8) is 0 Å². The fourth-order valence-electron chi connectivity index (χ4n) is 2.72. The molecule has 118 valence electrons. The van der Waals surface area contributed by atoms with Crippen LogP contribution in [0.5, 0.6) is 0 Å². The Morgan fingerprint density at radius 1 is 1.22 bits per heavy atom. The standard InChI is InChI=1S/C17H16BrN3O2/c18-14-11-20(10-13-4-2-1-3-5-13)16(23)21(15(14)22)12-17(6-7-17)8-9-19/h1-5,11H,6-8,10,12H2. The first-order chi connectivity index (χ1) is 11.0. The van der Waals surface area contributed by atoms with E-state index in [-0.39, 0.29) is 16.7 Å². The highest BCUT2D eigenvalue weighted by molar-refractivity contribution is 9.10. The molecule has 0 bridgehead atoms. The molecule has 1 aromatic carbocycles. The fourth-order valence-corrected chi connectivity index (χ4v) is 3.18. The molecule has 0 N–H and O–H groups in total. The Kier molecular flexibility index (Phi) is 4.22. The van der Waals surface area contributed by atoms with E-state index in [1.165, 1.54) is 15.3 Å². The summed E-state index contributed by atoms with van der Waals surface area (Å²) >= 11 is 3.25. The third kappa shape index (κ3) is 3.30. The van der Waals surface area contributed by atoms with Crippen molar-refractivity contribution >= 4 is 15.9 Å². The molecule has 0 amide bonds. The van der Waals surface area contributed by atoms with Crippen LogP contribution in [-0.4, -0.2) is 9.13 Å². The molecule has 0 radical (unpaired) electrons. The van der Waals surface area contributed by atoms with Gasteiger partial charge in [0.15, 0.2) is 0 Å². The topological polar surface area (TPSA) is 67.8 Å². The second-order valence-electron chi connectivity index (χ2n) is 6.10. The van der Waals surface area contributed by atoms with Crippen molar-refractivity contribution < 1.29 is 0 Å². The lowest BCUT2D eigenvalue weighted by molar-refractivity contribution is 0.401. The molecule has 6 heteroatoms. The van der Waals surface area contributed by atoms with Crippen molar-refractivity contribution in [1.29, 1.82) is 5.26 Å². The normalized spacial score (nSPS) is 15.1. The van der Waals surface area contributed by atoms with Gasteiger partial charge in [-0.05, 0) is 34.3 Å². The first-order valence-corrected chi connectivity index (χ1v) is 8.25. The second-order valence-corrected chi connectivity index (χ2v) is 6.95. The molecule has 0 saturated heterocycles. The van der Waals surface area contributed by atoms with Gasteiger partial charge >= 0.3 is 5.69 Å². The van der Waals surface area contributed by atoms with Gasteiger partial charge < -0.3 is 0 Å². The summed E-state index contributed by atoms with van der Waals surface area (Å²) < 4.78 is 3.15. The lowest BCUT2D eigenvalue weighted by Crippen LogP contribution is -2.42. The molecule has 23 heavy (non-hydrogen) atoms. The van der Waals surface area contributed by atoms with Crippen LogP contribution in [0.3, 0.4) is 0 Å². The first kappa shape index (κ1) is 15.8. The van der Waals surface area contributed by atoms with E-state index in [1.807, 2.05) is 30.3 Å². The van der Waals surface area contributed by atoms with E-state index in [0.717, 1.165) is 18.4 Å². The summed E-state index contributed by atoms with van der Waals surface area (Å²) in [5.41, 5.74) is 0.128. The van der Waals surface area contributed by atoms with Crippen LogP contribution < -0.4 is 11.2 Å². The lowest BCUT2D eigenvalue weighted by Gasteiger charge is -2.15. The van der Waals surface area contributed by atoms with Crippen molar-refractivity contribution in [3.8, 4) is 6.07 Å². The molecular formula is C17H16BrN3O2. The molecule has 1 aliphatic carbocycles. The molecule has 1 heterocycles. The minimum atomic E-state index is -0.330. The monoisotopic (exact) mass is 373 g/mol. The zero-order chi connectivity index (χ0) is 16.4. The van der Waals surface area contributed by atoms with Gasteiger partial charge in [-0.3, -0.25) is 13.9 Å². The van der Waals surface area contributed by atoms with Crippen molar-refractivity contribution in [3.05, 3.63) is 67.4 Å². The first-order valence-electron chi connectivity index (χ1n) is 7.45. The van der Waals surface area contributed by atoms with Crippen LogP contribution in [0, 0.1) is 16.7 Å². The lowest BCUT2D eigenvalue weighted by atomic mass is 10.0. The zero-order valence-corrected chi connectivity index (χ0v) is 14.1. The SMILES string of the molecule is N#CCC1(Cn2c(=O)c(Br)cn(Cc3ccccc3)c2=O)CC1. The molecule has 3 rings (SSSR count). The van der Waals surface area contributed by atoms with E-state index in [4.69, 9.17) is 5.26 Å². The van der Waals surface area contributed by atoms with Crippen LogP contribution in [0.15, 0.2) is 50.6 Å². The third-order valence-corrected chi connectivity index (χ3v) is 4.84. The highest BCUT2D eigenvalue weighted by atomic mass is 79.9. The average molecular weight is 374 g/mol. The van der Waals surface area contributed by atoms with E-state index < -0.39 is 0 Å². The zero-order valence-electron chi connectivity index (χ0n) is 12.5. The molecular weight excluding hydrogens is 358 g/mol. The van der Waals surface area contributed by atoms with Crippen LogP contribution in [0.1, 0.15) is 24.8 Å². The van der Waals surface area contributed by atoms with Gasteiger partial charge in [-0.25, -0.2) is 4.79 Å². The van der Waals surface area contributed by atoms with Crippen LogP contribution in [-0.2, 0) is 13.1 Å². The Morgan fingerprint density at radius 3 is 2.52 bits per heavy atom. The van der Waals surface area contributed by atoms with Gasteiger partial charge in [0.25, 0.3) is 5.56 Å². The summed E-state index contributed by atoms with van der Waals surface area (Å²) in [7, 11) is 0. The predicted octanol–water partition coefficient (Wildman–Crippen LogP) is 2.51. The number of hydrogen-bond acceptors (Lipinski definition) is 3. The highest BCUT2D eigenvalue weighted by Crippen LogP contribution is 2.49. The molecule has 0 atom stereocenters. The summed E-state index contributed by atoms with van der Waals surface area (Å²) in [6.07, 6.45) is 3.69. The Hall–Kier alpha value is -2.13. The largest absolute Gasteiger partial charge is 0.331 e. The van der Waals surface area contributed by atoms with Crippen LogP contribution in [0.2, 0.25) is 0 Å². The van der Waals surface area contributed by atoms with E-state index in [2.05, 4.69) is 22.0 Å². The number of benzene rings is 1. The number of nitriles is 1.